The minimum Gasteiger partial charge on any atom is -0.328 e. The van der Waals surface area contributed by atoms with Gasteiger partial charge in [0.2, 0.25) is 6.41 Å². The summed E-state index contributed by atoms with van der Waals surface area (Å²) < 4.78 is 22.3. The number of sulfone groups is 1. The molecule has 0 saturated carbocycles. The van der Waals surface area contributed by atoms with Gasteiger partial charge in [0.15, 0.2) is 9.84 Å². The number of para-hydroxylation sites is 1. The minimum absolute atomic E-state index is 0.127. The average molecular weight is 199 g/mol. The molecule has 0 aromatic heterocycles. The molecule has 70 valence electrons. The number of hydrogen-bond donors (Lipinski definition) is 1. The van der Waals surface area contributed by atoms with Crippen LogP contribution in [-0.2, 0) is 14.6 Å². The maximum Gasteiger partial charge on any atom is 0.211 e. The van der Waals surface area contributed by atoms with Gasteiger partial charge in [-0.05, 0) is 12.1 Å². The third kappa shape index (κ3) is 2.29. The maximum atomic E-state index is 11.2. The summed E-state index contributed by atoms with van der Waals surface area (Å²) in [5, 5.41) is 2.32. The monoisotopic (exact) mass is 199 g/mol. The van der Waals surface area contributed by atoms with E-state index in [1.807, 2.05) is 0 Å². The number of amides is 1. The number of anilines is 1. The van der Waals surface area contributed by atoms with E-state index in [0.717, 1.165) is 6.26 Å². The molecular weight excluding hydrogens is 190 g/mol. The van der Waals surface area contributed by atoms with E-state index in [1.54, 1.807) is 12.1 Å². The van der Waals surface area contributed by atoms with Crippen LogP contribution >= 0.6 is 0 Å². The number of nitrogens with one attached hydrogen (secondary N) is 1. The van der Waals surface area contributed by atoms with Crippen molar-refractivity contribution in [3.05, 3.63) is 24.3 Å². The molecule has 4 nitrogen and oxygen atoms in total. The molecule has 1 aromatic carbocycles. The summed E-state index contributed by atoms with van der Waals surface area (Å²) in [4.78, 5) is 10.3. The second-order valence-corrected chi connectivity index (χ2v) is 4.51. The Kier molecular flexibility index (Phi) is 2.67. The van der Waals surface area contributed by atoms with Crippen LogP contribution < -0.4 is 5.32 Å². The highest BCUT2D eigenvalue weighted by Crippen LogP contribution is 2.19. The van der Waals surface area contributed by atoms with Gasteiger partial charge in [0.1, 0.15) is 0 Å². The molecule has 0 aliphatic rings. The Balaban J connectivity index is 3.28. The van der Waals surface area contributed by atoms with Crippen LogP contribution in [0.3, 0.4) is 0 Å². The molecule has 1 rings (SSSR count). The molecule has 5 heteroatoms. The van der Waals surface area contributed by atoms with Gasteiger partial charge in [0, 0.05) is 6.26 Å². The normalized spacial score (nSPS) is 10.8. The minimum atomic E-state index is -3.28. The van der Waals surface area contributed by atoms with E-state index < -0.39 is 9.84 Å². The van der Waals surface area contributed by atoms with E-state index in [-0.39, 0.29) is 4.90 Å². The first-order valence-corrected chi connectivity index (χ1v) is 5.44. The van der Waals surface area contributed by atoms with Gasteiger partial charge in [-0.1, -0.05) is 12.1 Å². The molecule has 0 heterocycles. The van der Waals surface area contributed by atoms with Crippen LogP contribution in [0.1, 0.15) is 0 Å². The smallest absolute Gasteiger partial charge is 0.211 e. The number of carbonyl (C=O) groups is 1. The number of rotatable bonds is 3. The van der Waals surface area contributed by atoms with Gasteiger partial charge in [0.25, 0.3) is 0 Å². The summed E-state index contributed by atoms with van der Waals surface area (Å²) in [6, 6.07) is 6.23. The zero-order valence-corrected chi connectivity index (χ0v) is 7.84. The van der Waals surface area contributed by atoms with E-state index in [0.29, 0.717) is 12.1 Å². The second kappa shape index (κ2) is 3.57. The summed E-state index contributed by atoms with van der Waals surface area (Å²) in [6.07, 6.45) is 1.54. The predicted molar refractivity (Wildman–Crippen MR) is 49.2 cm³/mol. The molecule has 0 unspecified atom stereocenters. The van der Waals surface area contributed by atoms with Crippen molar-refractivity contribution in [2.24, 2.45) is 0 Å². The van der Waals surface area contributed by atoms with Gasteiger partial charge in [-0.15, -0.1) is 0 Å². The van der Waals surface area contributed by atoms with Crippen LogP contribution in [0.4, 0.5) is 5.69 Å². The summed E-state index contributed by atoms with van der Waals surface area (Å²) in [6.45, 7) is 0. The number of carbonyl (C=O) groups excluding carboxylic acids is 1. The highest BCUT2D eigenvalue weighted by atomic mass is 32.2. The van der Waals surface area contributed by atoms with Crippen LogP contribution in [0.2, 0.25) is 0 Å². The third-order valence-electron chi connectivity index (χ3n) is 1.50. The van der Waals surface area contributed by atoms with Crippen molar-refractivity contribution in [1.29, 1.82) is 0 Å². The van der Waals surface area contributed by atoms with E-state index in [1.165, 1.54) is 12.1 Å². The average Bonchev–Trinajstić information content (AvgIpc) is 2.04. The Hall–Kier alpha value is -1.36. The highest BCUT2D eigenvalue weighted by Gasteiger charge is 2.11. The van der Waals surface area contributed by atoms with Crippen LogP contribution in [0.15, 0.2) is 29.2 Å². The topological polar surface area (TPSA) is 63.2 Å². The Morgan fingerprint density at radius 3 is 2.46 bits per heavy atom. The SMILES string of the molecule is CS(=O)(=O)c1ccccc1NC=O. The fourth-order valence-electron chi connectivity index (χ4n) is 0.973. The molecule has 0 saturated heterocycles. The molecule has 0 aliphatic heterocycles. The first-order valence-electron chi connectivity index (χ1n) is 3.55. The van der Waals surface area contributed by atoms with Crippen LogP contribution in [0.5, 0.6) is 0 Å². The summed E-state index contributed by atoms with van der Waals surface area (Å²) >= 11 is 0. The van der Waals surface area contributed by atoms with E-state index >= 15 is 0 Å². The van der Waals surface area contributed by atoms with Gasteiger partial charge in [-0.25, -0.2) is 8.42 Å². The quantitative estimate of drug-likeness (QED) is 0.727. The molecular formula is C8H9NO3S. The van der Waals surface area contributed by atoms with Gasteiger partial charge in [0.05, 0.1) is 10.6 Å². The van der Waals surface area contributed by atoms with Gasteiger partial charge in [-0.3, -0.25) is 4.79 Å². The number of hydrogen-bond acceptors (Lipinski definition) is 3. The van der Waals surface area contributed by atoms with Gasteiger partial charge in [-0.2, -0.15) is 0 Å². The predicted octanol–water partition coefficient (Wildman–Crippen LogP) is 0.658. The molecule has 1 aromatic rings. The van der Waals surface area contributed by atoms with Gasteiger partial charge < -0.3 is 5.32 Å². The van der Waals surface area contributed by atoms with Crippen LogP contribution in [0, 0.1) is 0 Å². The second-order valence-electron chi connectivity index (χ2n) is 2.53. The lowest BCUT2D eigenvalue weighted by Gasteiger charge is -2.04. The molecule has 0 bridgehead atoms. The zero-order chi connectivity index (χ0) is 9.90. The van der Waals surface area contributed by atoms with Crippen molar-refractivity contribution in [2.45, 2.75) is 4.90 Å². The lowest BCUT2D eigenvalue weighted by Crippen LogP contribution is -2.03. The first kappa shape index (κ1) is 9.73. The van der Waals surface area contributed by atoms with Gasteiger partial charge >= 0.3 is 0 Å². The van der Waals surface area contributed by atoms with Crippen LogP contribution in [0.25, 0.3) is 0 Å². The molecule has 1 N–H and O–H groups in total. The van der Waals surface area contributed by atoms with Crippen LogP contribution in [-0.4, -0.2) is 21.1 Å². The summed E-state index contributed by atoms with van der Waals surface area (Å²) in [5.74, 6) is 0. The summed E-state index contributed by atoms with van der Waals surface area (Å²) in [7, 11) is -3.28. The Labute approximate surface area is 76.5 Å². The van der Waals surface area contributed by atoms with E-state index in [4.69, 9.17) is 0 Å². The Morgan fingerprint density at radius 2 is 1.92 bits per heavy atom. The molecule has 13 heavy (non-hydrogen) atoms. The van der Waals surface area contributed by atoms with E-state index in [2.05, 4.69) is 5.32 Å². The molecule has 0 radical (unpaired) electrons. The van der Waals surface area contributed by atoms with Crippen molar-refractivity contribution < 1.29 is 13.2 Å². The number of benzene rings is 1. The lowest BCUT2D eigenvalue weighted by molar-refractivity contribution is -0.105. The van der Waals surface area contributed by atoms with Crippen molar-refractivity contribution >= 4 is 21.9 Å². The third-order valence-corrected chi connectivity index (χ3v) is 2.66. The molecule has 0 aliphatic carbocycles. The van der Waals surface area contributed by atoms with E-state index in [9.17, 15) is 13.2 Å². The van der Waals surface area contributed by atoms with Crippen molar-refractivity contribution in [2.75, 3.05) is 11.6 Å². The standard InChI is InChI=1S/C8H9NO3S/c1-13(11,12)8-5-3-2-4-7(8)9-6-10/h2-6H,1H3,(H,9,10). The lowest BCUT2D eigenvalue weighted by atomic mass is 10.3. The maximum absolute atomic E-state index is 11.2. The fraction of sp³-hybridized carbons (Fsp3) is 0.125. The van der Waals surface area contributed by atoms with Crippen molar-refractivity contribution in [3.8, 4) is 0 Å². The highest BCUT2D eigenvalue weighted by molar-refractivity contribution is 7.90. The van der Waals surface area contributed by atoms with Crippen molar-refractivity contribution in [1.82, 2.24) is 0 Å². The largest absolute Gasteiger partial charge is 0.328 e. The Morgan fingerprint density at radius 1 is 1.31 bits per heavy atom. The molecule has 0 atom stereocenters. The Bertz CT molecular complexity index is 411. The van der Waals surface area contributed by atoms with Crippen molar-refractivity contribution in [3.63, 3.8) is 0 Å². The summed E-state index contributed by atoms with van der Waals surface area (Å²) in [5.41, 5.74) is 0.306. The molecule has 1 amide bonds. The zero-order valence-electron chi connectivity index (χ0n) is 7.02. The first-order chi connectivity index (χ1) is 6.05. The molecule has 0 fully saturated rings. The molecule has 0 spiro atoms. The fourth-order valence-corrected chi connectivity index (χ4v) is 1.82.